The third-order valence-corrected chi connectivity index (χ3v) is 9.48. The van der Waals surface area contributed by atoms with Crippen LogP contribution in [0.3, 0.4) is 0 Å². The van der Waals surface area contributed by atoms with E-state index in [1.807, 2.05) is 0 Å². The molecule has 6 aliphatic rings. The molecule has 166 valence electrons. The van der Waals surface area contributed by atoms with E-state index in [-0.39, 0.29) is 23.0 Å². The normalized spacial score (nSPS) is 47.5. The average molecular weight is 417 g/mol. The van der Waals surface area contributed by atoms with E-state index in [0.29, 0.717) is 36.7 Å². The molecule has 4 aliphatic carbocycles. The second-order valence-electron chi connectivity index (χ2n) is 11.2. The molecule has 4 unspecified atom stereocenters. The van der Waals surface area contributed by atoms with Gasteiger partial charge in [0, 0.05) is 25.2 Å². The Morgan fingerprint density at radius 2 is 1.83 bits per heavy atom. The molecular formula is C25H36O5. The van der Waals surface area contributed by atoms with Crippen LogP contribution in [0.2, 0.25) is 0 Å². The summed E-state index contributed by atoms with van der Waals surface area (Å²) in [6, 6.07) is 0. The summed E-state index contributed by atoms with van der Waals surface area (Å²) in [6.07, 6.45) is 11.9. The highest BCUT2D eigenvalue weighted by Crippen LogP contribution is 2.66. The summed E-state index contributed by atoms with van der Waals surface area (Å²) < 4.78 is 23.6. The number of aliphatic hydroxyl groups excluding tert-OH is 1. The first-order valence-electron chi connectivity index (χ1n) is 12.0. The number of ether oxygens (including phenoxy) is 4. The van der Waals surface area contributed by atoms with E-state index in [1.165, 1.54) is 12.0 Å². The lowest BCUT2D eigenvalue weighted by Gasteiger charge is -2.56. The fraction of sp³-hybridized carbons (Fsp3) is 0.840. The van der Waals surface area contributed by atoms with Crippen LogP contribution in [0.4, 0.5) is 0 Å². The molecule has 1 N–H and O–H groups in total. The highest BCUT2D eigenvalue weighted by atomic mass is 16.7. The van der Waals surface area contributed by atoms with Crippen molar-refractivity contribution in [3.05, 3.63) is 23.5 Å². The molecule has 0 aromatic heterocycles. The predicted octanol–water partition coefficient (Wildman–Crippen LogP) is 4.73. The first-order valence-corrected chi connectivity index (χ1v) is 12.0. The Labute approximate surface area is 179 Å². The van der Waals surface area contributed by atoms with Gasteiger partial charge in [0.15, 0.2) is 12.1 Å². The van der Waals surface area contributed by atoms with Crippen molar-refractivity contribution in [3.63, 3.8) is 0 Å². The van der Waals surface area contributed by atoms with Gasteiger partial charge in [-0.2, -0.15) is 0 Å². The number of hydrogen-bond acceptors (Lipinski definition) is 5. The first kappa shape index (κ1) is 19.8. The van der Waals surface area contributed by atoms with Gasteiger partial charge in [-0.05, 0) is 60.3 Å². The molecule has 0 aromatic carbocycles. The Kier molecular flexibility index (Phi) is 4.49. The van der Waals surface area contributed by atoms with Gasteiger partial charge >= 0.3 is 0 Å². The van der Waals surface area contributed by atoms with Crippen molar-refractivity contribution in [2.45, 2.75) is 70.9 Å². The fourth-order valence-corrected chi connectivity index (χ4v) is 8.16. The zero-order valence-electron chi connectivity index (χ0n) is 18.4. The SMILES string of the molecule is C[C@]12CCC3(CC1=CCC1C2C(O)=C[C@]2(C)CC(CC4OCCO4)CC12)OCCO3. The molecule has 2 saturated carbocycles. The zero-order chi connectivity index (χ0) is 20.6. The minimum absolute atomic E-state index is 0.0150. The summed E-state index contributed by atoms with van der Waals surface area (Å²) in [7, 11) is 0. The lowest BCUT2D eigenvalue weighted by atomic mass is 9.49. The van der Waals surface area contributed by atoms with Gasteiger partial charge < -0.3 is 24.1 Å². The van der Waals surface area contributed by atoms with E-state index < -0.39 is 5.79 Å². The van der Waals surface area contributed by atoms with Crippen molar-refractivity contribution in [2.75, 3.05) is 26.4 Å². The van der Waals surface area contributed by atoms with Crippen LogP contribution in [-0.2, 0) is 18.9 Å². The summed E-state index contributed by atoms with van der Waals surface area (Å²) in [5, 5.41) is 11.4. The minimum Gasteiger partial charge on any atom is -0.512 e. The molecule has 1 spiro atoms. The van der Waals surface area contributed by atoms with Crippen LogP contribution in [0.1, 0.15) is 58.8 Å². The lowest BCUT2D eigenvalue weighted by molar-refractivity contribution is -0.182. The maximum atomic E-state index is 11.4. The summed E-state index contributed by atoms with van der Waals surface area (Å²) in [5.74, 6) is 2.22. The summed E-state index contributed by atoms with van der Waals surface area (Å²) in [4.78, 5) is 0. The highest BCUT2D eigenvalue weighted by Gasteiger charge is 2.60. The third-order valence-electron chi connectivity index (χ3n) is 9.48. The Morgan fingerprint density at radius 1 is 1.07 bits per heavy atom. The quantitative estimate of drug-likeness (QED) is 0.660. The van der Waals surface area contributed by atoms with E-state index in [9.17, 15) is 5.11 Å². The van der Waals surface area contributed by atoms with Crippen LogP contribution in [-0.4, -0.2) is 43.6 Å². The Bertz CT molecular complexity index is 762. The average Bonchev–Trinajstić information content (AvgIpc) is 3.43. The van der Waals surface area contributed by atoms with Gasteiger partial charge in [0.2, 0.25) is 0 Å². The van der Waals surface area contributed by atoms with Crippen LogP contribution < -0.4 is 0 Å². The summed E-state index contributed by atoms with van der Waals surface area (Å²) in [5.41, 5.74) is 1.55. The van der Waals surface area contributed by atoms with E-state index in [4.69, 9.17) is 18.9 Å². The maximum Gasteiger partial charge on any atom is 0.172 e. The Morgan fingerprint density at radius 3 is 2.60 bits per heavy atom. The molecule has 0 aromatic rings. The molecule has 4 fully saturated rings. The standard InChI is InChI=1S/C25H36O5/c1-23-13-16(12-21-27-7-8-28-21)11-19(23)18-4-3-17-14-25(29-9-10-30-25)6-5-24(17,2)22(18)20(26)15-23/h3,15-16,18-19,21-22,26H,4-14H2,1-2H3/t16?,18?,19?,22?,23-,24-/m0/s1. The van der Waals surface area contributed by atoms with E-state index in [2.05, 4.69) is 26.0 Å². The number of rotatable bonds is 2. The summed E-state index contributed by atoms with van der Waals surface area (Å²) in [6.45, 7) is 7.62. The van der Waals surface area contributed by atoms with Crippen LogP contribution in [0.15, 0.2) is 23.5 Å². The predicted molar refractivity (Wildman–Crippen MR) is 112 cm³/mol. The van der Waals surface area contributed by atoms with Crippen LogP contribution in [0.25, 0.3) is 0 Å². The molecule has 0 radical (unpaired) electrons. The molecule has 5 nitrogen and oxygen atoms in total. The molecule has 2 saturated heterocycles. The minimum atomic E-state index is -0.402. The molecule has 5 heteroatoms. The van der Waals surface area contributed by atoms with Crippen LogP contribution >= 0.6 is 0 Å². The largest absolute Gasteiger partial charge is 0.512 e. The van der Waals surface area contributed by atoms with Crippen molar-refractivity contribution < 1.29 is 24.1 Å². The first-order chi connectivity index (χ1) is 14.4. The second-order valence-corrected chi connectivity index (χ2v) is 11.2. The second kappa shape index (κ2) is 6.81. The number of allylic oxidation sites excluding steroid dienone is 3. The van der Waals surface area contributed by atoms with Crippen LogP contribution in [0.5, 0.6) is 0 Å². The van der Waals surface area contributed by atoms with Gasteiger partial charge in [0.25, 0.3) is 0 Å². The van der Waals surface area contributed by atoms with Gasteiger partial charge in [-0.15, -0.1) is 0 Å². The van der Waals surface area contributed by atoms with Crippen molar-refractivity contribution in [2.24, 2.45) is 34.5 Å². The van der Waals surface area contributed by atoms with Gasteiger partial charge in [-0.3, -0.25) is 0 Å². The Hall–Kier alpha value is -0.880. The van der Waals surface area contributed by atoms with Gasteiger partial charge in [-0.1, -0.05) is 25.5 Å². The molecular weight excluding hydrogens is 380 g/mol. The molecule has 0 amide bonds. The fourth-order valence-electron chi connectivity index (χ4n) is 8.16. The maximum absolute atomic E-state index is 11.4. The van der Waals surface area contributed by atoms with E-state index in [1.54, 1.807) is 0 Å². The van der Waals surface area contributed by atoms with Crippen molar-refractivity contribution in [1.82, 2.24) is 0 Å². The van der Waals surface area contributed by atoms with Crippen LogP contribution in [0, 0.1) is 34.5 Å². The number of hydrogen-bond donors (Lipinski definition) is 1. The zero-order valence-corrected chi connectivity index (χ0v) is 18.4. The number of aliphatic hydroxyl groups is 1. The highest BCUT2D eigenvalue weighted by molar-refractivity contribution is 5.32. The van der Waals surface area contributed by atoms with Crippen molar-refractivity contribution in [3.8, 4) is 0 Å². The Balaban J connectivity index is 1.27. The third kappa shape index (κ3) is 2.88. The summed E-state index contributed by atoms with van der Waals surface area (Å²) >= 11 is 0. The van der Waals surface area contributed by atoms with E-state index >= 15 is 0 Å². The molecule has 6 rings (SSSR count). The molecule has 2 heterocycles. The lowest BCUT2D eigenvalue weighted by Crippen LogP contribution is -2.51. The monoisotopic (exact) mass is 416 g/mol. The topological polar surface area (TPSA) is 57.2 Å². The molecule has 6 atom stereocenters. The molecule has 0 bridgehead atoms. The smallest absolute Gasteiger partial charge is 0.172 e. The van der Waals surface area contributed by atoms with Crippen molar-refractivity contribution in [1.29, 1.82) is 0 Å². The number of fused-ring (bicyclic) bond motifs is 5. The van der Waals surface area contributed by atoms with Gasteiger partial charge in [-0.25, -0.2) is 0 Å². The molecule has 30 heavy (non-hydrogen) atoms. The van der Waals surface area contributed by atoms with Crippen molar-refractivity contribution >= 4 is 0 Å². The van der Waals surface area contributed by atoms with E-state index in [0.717, 1.165) is 51.7 Å². The molecule has 2 aliphatic heterocycles. The van der Waals surface area contributed by atoms with Gasteiger partial charge in [0.05, 0.1) is 32.2 Å². The van der Waals surface area contributed by atoms with Gasteiger partial charge in [0.1, 0.15) is 0 Å².